The highest BCUT2D eigenvalue weighted by Crippen LogP contribution is 2.00. The second kappa shape index (κ2) is 4.08. The van der Waals surface area contributed by atoms with E-state index in [1.54, 1.807) is 6.20 Å². The van der Waals surface area contributed by atoms with E-state index in [2.05, 4.69) is 15.5 Å². The van der Waals surface area contributed by atoms with E-state index in [0.717, 1.165) is 11.3 Å². The Kier molecular flexibility index (Phi) is 3.04. The predicted molar refractivity (Wildman–Crippen MR) is 41.0 cm³/mol. The van der Waals surface area contributed by atoms with Gasteiger partial charge >= 0.3 is 0 Å². The number of alkyl halides is 1. The molecule has 0 spiro atoms. The molecule has 0 amide bonds. The van der Waals surface area contributed by atoms with Gasteiger partial charge in [0.15, 0.2) is 0 Å². The summed E-state index contributed by atoms with van der Waals surface area (Å²) in [6.07, 6.45) is 1.75. The Labute approximate surface area is 65.0 Å². The first kappa shape index (κ1) is 8.20. The topological polar surface area (TPSA) is 40.7 Å². The van der Waals surface area contributed by atoms with Crippen LogP contribution in [-0.2, 0) is 6.54 Å². The molecule has 1 heterocycles. The van der Waals surface area contributed by atoms with Crippen LogP contribution in [0.25, 0.3) is 0 Å². The van der Waals surface area contributed by atoms with Gasteiger partial charge in [0.05, 0.1) is 6.20 Å². The van der Waals surface area contributed by atoms with Crippen LogP contribution in [0.3, 0.4) is 0 Å². The molecule has 0 radical (unpaired) electrons. The Morgan fingerprint density at radius 3 is 3.09 bits per heavy atom. The summed E-state index contributed by atoms with van der Waals surface area (Å²) < 4.78 is 11.6. The number of aryl methyl sites for hydroxylation is 1. The lowest BCUT2D eigenvalue weighted by molar-refractivity contribution is 0.466. The molecule has 1 aromatic rings. The number of nitrogens with one attached hydrogen (secondary N) is 2. The molecule has 3 nitrogen and oxygen atoms in total. The molecule has 0 bridgehead atoms. The third-order valence-corrected chi connectivity index (χ3v) is 1.52. The molecule has 0 unspecified atom stereocenters. The largest absolute Gasteiger partial charge is 0.310 e. The molecule has 0 aliphatic rings. The van der Waals surface area contributed by atoms with E-state index in [9.17, 15) is 4.39 Å². The van der Waals surface area contributed by atoms with Gasteiger partial charge in [-0.2, -0.15) is 5.10 Å². The number of aromatic nitrogens is 2. The summed E-state index contributed by atoms with van der Waals surface area (Å²) in [6.45, 7) is 2.72. The van der Waals surface area contributed by atoms with Gasteiger partial charge in [-0.25, -0.2) is 4.39 Å². The minimum atomic E-state index is -0.323. The maximum atomic E-state index is 11.6. The molecule has 0 saturated carbocycles. The van der Waals surface area contributed by atoms with Crippen molar-refractivity contribution in [3.05, 3.63) is 17.5 Å². The van der Waals surface area contributed by atoms with Gasteiger partial charge in [-0.1, -0.05) is 0 Å². The predicted octanol–water partition coefficient (Wildman–Crippen LogP) is 0.777. The molecule has 0 aromatic carbocycles. The van der Waals surface area contributed by atoms with Crippen molar-refractivity contribution in [1.29, 1.82) is 0 Å². The summed E-state index contributed by atoms with van der Waals surface area (Å²) in [4.78, 5) is 0. The Hall–Kier alpha value is -0.900. The van der Waals surface area contributed by atoms with E-state index in [1.807, 2.05) is 6.92 Å². The van der Waals surface area contributed by atoms with E-state index >= 15 is 0 Å². The van der Waals surface area contributed by atoms with Gasteiger partial charge in [0, 0.05) is 24.3 Å². The monoisotopic (exact) mass is 157 g/mol. The van der Waals surface area contributed by atoms with E-state index < -0.39 is 0 Å². The van der Waals surface area contributed by atoms with Gasteiger partial charge in [-0.15, -0.1) is 0 Å². The number of halogens is 1. The standard InChI is InChI=1S/C7H12FN3/c1-6-7(5-10-11-6)4-9-3-2-8/h5,9H,2-4H2,1H3,(H,10,11). The number of hydrogen-bond acceptors (Lipinski definition) is 2. The first-order valence-electron chi connectivity index (χ1n) is 3.60. The second-order valence-corrected chi connectivity index (χ2v) is 2.39. The van der Waals surface area contributed by atoms with Gasteiger partial charge in [-0.3, -0.25) is 5.10 Å². The molecule has 0 aliphatic heterocycles. The van der Waals surface area contributed by atoms with Crippen molar-refractivity contribution in [3.63, 3.8) is 0 Å². The van der Waals surface area contributed by atoms with E-state index in [1.165, 1.54) is 0 Å². The van der Waals surface area contributed by atoms with Crippen molar-refractivity contribution in [2.75, 3.05) is 13.2 Å². The Morgan fingerprint density at radius 2 is 2.55 bits per heavy atom. The van der Waals surface area contributed by atoms with Crippen LogP contribution in [0.15, 0.2) is 6.20 Å². The number of H-pyrrole nitrogens is 1. The average Bonchev–Trinajstić information content (AvgIpc) is 2.37. The highest BCUT2D eigenvalue weighted by Gasteiger charge is 1.97. The second-order valence-electron chi connectivity index (χ2n) is 2.39. The quantitative estimate of drug-likeness (QED) is 0.634. The molecular formula is C7H12FN3. The van der Waals surface area contributed by atoms with Crippen LogP contribution >= 0.6 is 0 Å². The van der Waals surface area contributed by atoms with Crippen molar-refractivity contribution in [2.45, 2.75) is 13.5 Å². The minimum absolute atomic E-state index is 0.323. The van der Waals surface area contributed by atoms with Gasteiger partial charge in [0.2, 0.25) is 0 Å². The molecule has 1 aromatic heterocycles. The van der Waals surface area contributed by atoms with Crippen molar-refractivity contribution in [2.24, 2.45) is 0 Å². The first-order chi connectivity index (χ1) is 5.34. The summed E-state index contributed by atoms with van der Waals surface area (Å²) in [5.41, 5.74) is 2.13. The van der Waals surface area contributed by atoms with Crippen LogP contribution in [0.2, 0.25) is 0 Å². The minimum Gasteiger partial charge on any atom is -0.310 e. The zero-order valence-corrected chi connectivity index (χ0v) is 6.52. The third-order valence-electron chi connectivity index (χ3n) is 1.52. The SMILES string of the molecule is Cc1[nH]ncc1CNCCF. The van der Waals surface area contributed by atoms with E-state index in [-0.39, 0.29) is 6.67 Å². The third kappa shape index (κ3) is 2.31. The maximum absolute atomic E-state index is 11.6. The maximum Gasteiger partial charge on any atom is 0.102 e. The molecule has 4 heteroatoms. The highest BCUT2D eigenvalue weighted by molar-refractivity contribution is 5.13. The summed E-state index contributed by atoms with van der Waals surface area (Å²) in [5.74, 6) is 0. The molecule has 1 rings (SSSR count). The molecule has 0 atom stereocenters. The van der Waals surface area contributed by atoms with Gasteiger partial charge < -0.3 is 5.32 Å². The molecular weight excluding hydrogens is 145 g/mol. The lowest BCUT2D eigenvalue weighted by Crippen LogP contribution is -2.16. The van der Waals surface area contributed by atoms with Crippen molar-refractivity contribution >= 4 is 0 Å². The van der Waals surface area contributed by atoms with Crippen LogP contribution in [0.5, 0.6) is 0 Å². The zero-order chi connectivity index (χ0) is 8.10. The van der Waals surface area contributed by atoms with Crippen molar-refractivity contribution in [3.8, 4) is 0 Å². The molecule has 62 valence electrons. The lowest BCUT2D eigenvalue weighted by Gasteiger charge is -1.98. The summed E-state index contributed by atoms with van der Waals surface area (Å²) >= 11 is 0. The van der Waals surface area contributed by atoms with Crippen molar-refractivity contribution in [1.82, 2.24) is 15.5 Å². The number of nitrogens with zero attached hydrogens (tertiary/aromatic N) is 1. The Morgan fingerprint density at radius 1 is 1.73 bits per heavy atom. The summed E-state index contributed by atoms with van der Waals surface area (Å²) in [7, 11) is 0. The molecule has 0 aliphatic carbocycles. The smallest absolute Gasteiger partial charge is 0.102 e. The van der Waals surface area contributed by atoms with Crippen LogP contribution < -0.4 is 5.32 Å². The number of rotatable bonds is 4. The Bertz CT molecular complexity index is 209. The zero-order valence-electron chi connectivity index (χ0n) is 6.52. The lowest BCUT2D eigenvalue weighted by atomic mass is 10.3. The fourth-order valence-electron chi connectivity index (χ4n) is 0.844. The van der Waals surface area contributed by atoms with Crippen LogP contribution in [0, 0.1) is 6.92 Å². The number of hydrogen-bond donors (Lipinski definition) is 2. The van der Waals surface area contributed by atoms with Gasteiger partial charge in [-0.05, 0) is 6.92 Å². The van der Waals surface area contributed by atoms with E-state index in [0.29, 0.717) is 13.1 Å². The molecule has 0 fully saturated rings. The van der Waals surface area contributed by atoms with Crippen LogP contribution in [0.1, 0.15) is 11.3 Å². The molecule has 0 saturated heterocycles. The van der Waals surface area contributed by atoms with E-state index in [4.69, 9.17) is 0 Å². The summed E-state index contributed by atoms with van der Waals surface area (Å²) in [6, 6.07) is 0. The average molecular weight is 157 g/mol. The summed E-state index contributed by atoms with van der Waals surface area (Å²) in [5, 5.41) is 9.60. The van der Waals surface area contributed by atoms with Crippen molar-refractivity contribution < 1.29 is 4.39 Å². The molecule has 2 N–H and O–H groups in total. The highest BCUT2D eigenvalue weighted by atomic mass is 19.1. The van der Waals surface area contributed by atoms with Crippen LogP contribution in [0.4, 0.5) is 4.39 Å². The van der Waals surface area contributed by atoms with Gasteiger partial charge in [0.25, 0.3) is 0 Å². The fraction of sp³-hybridized carbons (Fsp3) is 0.571. The van der Waals surface area contributed by atoms with Gasteiger partial charge in [0.1, 0.15) is 6.67 Å². The molecule has 11 heavy (non-hydrogen) atoms. The normalized spacial score (nSPS) is 10.4. The Balaban J connectivity index is 2.32. The fourth-order valence-corrected chi connectivity index (χ4v) is 0.844. The number of aromatic amines is 1. The van der Waals surface area contributed by atoms with Crippen LogP contribution in [-0.4, -0.2) is 23.4 Å². The first-order valence-corrected chi connectivity index (χ1v) is 3.60.